The van der Waals surface area contributed by atoms with E-state index in [-0.39, 0.29) is 22.4 Å². The van der Waals surface area contributed by atoms with Crippen LogP contribution in [0.5, 0.6) is 0 Å². The van der Waals surface area contributed by atoms with Gasteiger partial charge in [-0.15, -0.1) is 0 Å². The first-order valence-electron chi connectivity index (χ1n) is 11.8. The molecule has 37 heavy (non-hydrogen) atoms. The highest BCUT2D eigenvalue weighted by Crippen LogP contribution is 2.33. The molecule has 2 saturated heterocycles. The number of halogens is 5. The van der Waals surface area contributed by atoms with Gasteiger partial charge in [-0.25, -0.2) is 22.2 Å². The molecular formula is C24H27F5N4O3S. The van der Waals surface area contributed by atoms with Gasteiger partial charge in [-0.05, 0) is 56.5 Å². The van der Waals surface area contributed by atoms with Crippen LogP contribution in [0.1, 0.15) is 31.2 Å². The number of nitrogens with one attached hydrogen (secondary N) is 1. The Labute approximate surface area is 211 Å². The average molecular weight is 547 g/mol. The molecular weight excluding hydrogens is 519 g/mol. The van der Waals surface area contributed by atoms with E-state index in [0.717, 1.165) is 18.6 Å². The second kappa shape index (κ2) is 10.2. The maximum atomic E-state index is 14.7. The molecule has 2 aliphatic heterocycles. The first-order valence-corrected chi connectivity index (χ1v) is 13.7. The predicted molar refractivity (Wildman–Crippen MR) is 127 cm³/mol. The van der Waals surface area contributed by atoms with E-state index in [2.05, 4.69) is 15.2 Å². The lowest BCUT2D eigenvalue weighted by molar-refractivity contribution is -0.138. The molecule has 4 rings (SSSR count). The second-order valence-electron chi connectivity index (χ2n) is 9.63. The zero-order valence-electron chi connectivity index (χ0n) is 20.1. The Morgan fingerprint density at radius 2 is 1.81 bits per heavy atom. The summed E-state index contributed by atoms with van der Waals surface area (Å²) >= 11 is 0. The number of aldehydes is 1. The Morgan fingerprint density at radius 1 is 1.11 bits per heavy atom. The van der Waals surface area contributed by atoms with Crippen molar-refractivity contribution in [1.82, 2.24) is 9.88 Å². The third-order valence-electron chi connectivity index (χ3n) is 6.96. The number of carbonyl (C=O) groups is 1. The van der Waals surface area contributed by atoms with E-state index in [1.165, 1.54) is 12.1 Å². The number of benzene rings is 1. The zero-order chi connectivity index (χ0) is 27.0. The van der Waals surface area contributed by atoms with Crippen LogP contribution in [-0.2, 0) is 20.8 Å². The van der Waals surface area contributed by atoms with Gasteiger partial charge in [-0.2, -0.15) is 13.2 Å². The van der Waals surface area contributed by atoms with Crippen molar-refractivity contribution >= 4 is 27.6 Å². The number of sulfone groups is 1. The van der Waals surface area contributed by atoms with E-state index < -0.39 is 38.8 Å². The summed E-state index contributed by atoms with van der Waals surface area (Å²) in [5.41, 5.74) is -2.19. The molecule has 1 unspecified atom stereocenters. The number of rotatable bonds is 6. The molecule has 2 aromatic rings. The van der Waals surface area contributed by atoms with Gasteiger partial charge in [0, 0.05) is 38.1 Å². The number of hydrogen-bond donors (Lipinski definition) is 1. The summed E-state index contributed by atoms with van der Waals surface area (Å²) in [6, 6.07) is 3.99. The first-order chi connectivity index (χ1) is 17.3. The van der Waals surface area contributed by atoms with Crippen LogP contribution in [0.4, 0.5) is 33.5 Å². The molecule has 1 N–H and O–H groups in total. The van der Waals surface area contributed by atoms with Gasteiger partial charge in [0.05, 0.1) is 16.1 Å². The normalized spacial score (nSPS) is 22.2. The minimum absolute atomic E-state index is 0.0278. The number of likely N-dealkylation sites (tertiary alicyclic amines) is 1. The number of pyridine rings is 1. The van der Waals surface area contributed by atoms with Crippen LogP contribution in [0.3, 0.4) is 0 Å². The summed E-state index contributed by atoms with van der Waals surface area (Å²) in [5, 5.41) is 2.98. The molecule has 202 valence electrons. The smallest absolute Gasteiger partial charge is 0.370 e. The van der Waals surface area contributed by atoms with Gasteiger partial charge in [-0.1, -0.05) is 0 Å². The first kappa shape index (κ1) is 27.2. The van der Waals surface area contributed by atoms with Crippen LogP contribution in [0.2, 0.25) is 0 Å². The lowest BCUT2D eigenvalue weighted by Gasteiger charge is -2.46. The highest BCUT2D eigenvalue weighted by molar-refractivity contribution is 7.90. The van der Waals surface area contributed by atoms with E-state index in [1.807, 2.05) is 0 Å². The van der Waals surface area contributed by atoms with Crippen LogP contribution < -0.4 is 10.2 Å². The topological polar surface area (TPSA) is 82.6 Å². The maximum Gasteiger partial charge on any atom is 0.417 e. The molecule has 1 aromatic carbocycles. The van der Waals surface area contributed by atoms with E-state index in [1.54, 1.807) is 4.90 Å². The van der Waals surface area contributed by atoms with E-state index >= 15 is 0 Å². The van der Waals surface area contributed by atoms with E-state index in [4.69, 9.17) is 0 Å². The van der Waals surface area contributed by atoms with Crippen LogP contribution in [0.15, 0.2) is 35.4 Å². The number of nitrogens with zero attached hydrogens (tertiary/aromatic N) is 3. The monoisotopic (exact) mass is 546 g/mol. The second-order valence-corrected chi connectivity index (χ2v) is 11.6. The average Bonchev–Trinajstić information content (AvgIpc) is 2.84. The number of piperidine rings is 2. The summed E-state index contributed by atoms with van der Waals surface area (Å²) < 4.78 is 90.8. The molecule has 1 atom stereocenters. The van der Waals surface area contributed by atoms with Gasteiger partial charge in [0.25, 0.3) is 0 Å². The zero-order valence-corrected chi connectivity index (χ0v) is 20.9. The van der Waals surface area contributed by atoms with Crippen LogP contribution >= 0.6 is 0 Å². The van der Waals surface area contributed by atoms with Crippen LogP contribution in [0, 0.1) is 11.6 Å². The van der Waals surface area contributed by atoms with Gasteiger partial charge >= 0.3 is 6.18 Å². The van der Waals surface area contributed by atoms with Crippen molar-refractivity contribution in [3.63, 3.8) is 0 Å². The van der Waals surface area contributed by atoms with Crippen molar-refractivity contribution in [2.75, 3.05) is 42.7 Å². The summed E-state index contributed by atoms with van der Waals surface area (Å²) in [5.74, 6) is -1.93. The van der Waals surface area contributed by atoms with Crippen molar-refractivity contribution in [2.24, 2.45) is 0 Å². The Bertz CT molecular complexity index is 1270. The lowest BCUT2D eigenvalue weighted by Crippen LogP contribution is -2.58. The summed E-state index contributed by atoms with van der Waals surface area (Å²) in [6.07, 6.45) is -0.0487. The molecule has 0 amide bonds. The van der Waals surface area contributed by atoms with Crippen LogP contribution in [0.25, 0.3) is 0 Å². The van der Waals surface area contributed by atoms with Gasteiger partial charge in [0.1, 0.15) is 17.6 Å². The fourth-order valence-corrected chi connectivity index (χ4v) is 5.65. The van der Waals surface area contributed by atoms with Gasteiger partial charge in [0.15, 0.2) is 21.5 Å². The standard InChI is InChI=1S/C24H27F5N4O3S/c1-37(35,36)18-3-4-21(19(25)12-18)31-23(15-34)7-2-8-33(14-23)17-5-9-32(10-6-17)22-20(26)11-16(13-30-22)24(27,28)29/h3-4,11-13,15,17,31H,2,5-10,14H2,1H3. The largest absolute Gasteiger partial charge is 0.417 e. The van der Waals surface area contributed by atoms with Crippen molar-refractivity contribution < 1.29 is 35.2 Å². The van der Waals surface area contributed by atoms with Crippen LogP contribution in [-0.4, -0.2) is 68.6 Å². The Kier molecular flexibility index (Phi) is 7.48. The van der Waals surface area contributed by atoms with Crippen molar-refractivity contribution in [3.8, 4) is 0 Å². The molecule has 7 nitrogen and oxygen atoms in total. The Hall–Kier alpha value is -2.80. The number of hydrogen-bond acceptors (Lipinski definition) is 7. The predicted octanol–water partition coefficient (Wildman–Crippen LogP) is 3.90. The van der Waals surface area contributed by atoms with E-state index in [9.17, 15) is 35.2 Å². The molecule has 3 heterocycles. The Balaban J connectivity index is 1.42. The quantitative estimate of drug-likeness (QED) is 0.435. The number of carbonyl (C=O) groups excluding carboxylic acids is 1. The molecule has 2 aliphatic rings. The third-order valence-corrected chi connectivity index (χ3v) is 8.07. The minimum atomic E-state index is -4.68. The molecule has 0 aliphatic carbocycles. The molecule has 0 spiro atoms. The van der Waals surface area contributed by atoms with Crippen molar-refractivity contribution in [1.29, 1.82) is 0 Å². The Morgan fingerprint density at radius 3 is 2.38 bits per heavy atom. The number of anilines is 2. The SMILES string of the molecule is CS(=O)(=O)c1ccc(NC2(C=O)CCCN(C3CCN(c4ncc(C(F)(F)F)cc4F)CC3)C2)c(F)c1. The molecule has 0 bridgehead atoms. The minimum Gasteiger partial charge on any atom is -0.370 e. The molecule has 1 aromatic heterocycles. The molecule has 0 saturated carbocycles. The van der Waals surface area contributed by atoms with E-state index in [0.29, 0.717) is 64.1 Å². The van der Waals surface area contributed by atoms with Gasteiger partial charge in [0.2, 0.25) is 0 Å². The summed E-state index contributed by atoms with van der Waals surface area (Å²) in [4.78, 5) is 19.4. The number of alkyl halides is 3. The highest BCUT2D eigenvalue weighted by atomic mass is 32.2. The molecule has 13 heteroatoms. The summed E-state index contributed by atoms with van der Waals surface area (Å²) in [6.45, 7) is 1.74. The lowest BCUT2D eigenvalue weighted by atomic mass is 9.87. The molecule has 2 fully saturated rings. The number of aromatic nitrogens is 1. The fraction of sp³-hybridized carbons (Fsp3) is 0.500. The van der Waals surface area contributed by atoms with Gasteiger partial charge < -0.3 is 15.0 Å². The van der Waals surface area contributed by atoms with Crippen molar-refractivity contribution in [2.45, 2.75) is 48.3 Å². The maximum absolute atomic E-state index is 14.7. The molecule has 0 radical (unpaired) electrons. The summed E-state index contributed by atoms with van der Waals surface area (Å²) in [7, 11) is -3.58. The van der Waals surface area contributed by atoms with Crippen molar-refractivity contribution in [3.05, 3.63) is 47.7 Å². The third kappa shape index (κ3) is 6.03. The van der Waals surface area contributed by atoms with Gasteiger partial charge in [-0.3, -0.25) is 4.90 Å². The highest BCUT2D eigenvalue weighted by Gasteiger charge is 2.39. The fourth-order valence-electron chi connectivity index (χ4n) is 5.01.